The van der Waals surface area contributed by atoms with Crippen molar-refractivity contribution in [3.63, 3.8) is 0 Å². The van der Waals surface area contributed by atoms with Crippen LogP contribution in [0.5, 0.6) is 5.75 Å². The van der Waals surface area contributed by atoms with Gasteiger partial charge in [0.1, 0.15) is 5.75 Å². The van der Waals surface area contributed by atoms with Gasteiger partial charge in [-0.15, -0.1) is 0 Å². The molecule has 15 heteroatoms. The lowest BCUT2D eigenvalue weighted by Gasteiger charge is -2.24. The number of aromatic carboxylic acids is 1. The van der Waals surface area contributed by atoms with E-state index in [4.69, 9.17) is 4.74 Å². The van der Waals surface area contributed by atoms with Crippen molar-refractivity contribution in [1.29, 1.82) is 0 Å². The molecule has 0 atom stereocenters. The molecule has 0 unspecified atom stereocenters. The number of ether oxygens (including phenoxy) is 1. The van der Waals surface area contributed by atoms with Gasteiger partial charge in [0.05, 0.1) is 29.4 Å². The molecule has 0 aliphatic heterocycles. The first-order valence-electron chi connectivity index (χ1n) is 11.2. The Balaban J connectivity index is 2.17. The van der Waals surface area contributed by atoms with Crippen LogP contribution in [0.4, 0.5) is 44.3 Å². The maximum absolute atomic E-state index is 13.5. The van der Waals surface area contributed by atoms with Gasteiger partial charge in [-0.2, -0.15) is 39.5 Å². The molecule has 6 nitrogen and oxygen atoms in total. The summed E-state index contributed by atoms with van der Waals surface area (Å²) in [6, 6.07) is 5.97. The van der Waals surface area contributed by atoms with Gasteiger partial charge in [0.2, 0.25) is 0 Å². The standard InChI is InChI=1S/C26H18F9NO5/c1-41-21-5-2-14(22(37)38)9-20(21)19-4-3-16(24(27,28)29)8-15(19)12-36(23(39)40)11-13-6-17(25(30,31)32)10-18(7-13)26(33,34)35/h2-10H,11-12H2,1H3,(H,37,38)(H,39,40). The molecule has 0 heterocycles. The van der Waals surface area contributed by atoms with Crippen LogP contribution in [0.1, 0.15) is 38.2 Å². The van der Waals surface area contributed by atoms with Crippen LogP contribution >= 0.6 is 0 Å². The van der Waals surface area contributed by atoms with E-state index in [2.05, 4.69) is 0 Å². The first-order valence-corrected chi connectivity index (χ1v) is 11.2. The number of nitrogens with zero attached hydrogens (tertiary/aromatic N) is 1. The van der Waals surface area contributed by atoms with Crippen LogP contribution in [0.15, 0.2) is 54.6 Å². The molecule has 3 rings (SSSR count). The van der Waals surface area contributed by atoms with E-state index < -0.39 is 65.9 Å². The van der Waals surface area contributed by atoms with Crippen molar-refractivity contribution in [3.05, 3.63) is 88.0 Å². The Kier molecular flexibility index (Phi) is 8.51. The zero-order chi connectivity index (χ0) is 30.9. The number of methoxy groups -OCH3 is 1. The van der Waals surface area contributed by atoms with Crippen molar-refractivity contribution in [2.45, 2.75) is 31.6 Å². The van der Waals surface area contributed by atoms with Gasteiger partial charge in [0.25, 0.3) is 0 Å². The van der Waals surface area contributed by atoms with Crippen LogP contribution in [-0.4, -0.2) is 34.3 Å². The fraction of sp³-hybridized carbons (Fsp3) is 0.231. The highest BCUT2D eigenvalue weighted by molar-refractivity contribution is 5.91. The van der Waals surface area contributed by atoms with Gasteiger partial charge in [-0.25, -0.2) is 9.59 Å². The Hall–Kier alpha value is -4.43. The molecule has 3 aromatic carbocycles. The molecule has 0 spiro atoms. The average molecular weight is 595 g/mol. The second-order valence-corrected chi connectivity index (χ2v) is 8.64. The molecule has 0 saturated heterocycles. The highest BCUT2D eigenvalue weighted by atomic mass is 19.4. The lowest BCUT2D eigenvalue weighted by molar-refractivity contribution is -0.143. The quantitative estimate of drug-likeness (QED) is 0.272. The molecule has 41 heavy (non-hydrogen) atoms. The minimum absolute atomic E-state index is 0.00872. The molecule has 0 aliphatic rings. The molecule has 0 bridgehead atoms. The summed E-state index contributed by atoms with van der Waals surface area (Å²) < 4.78 is 125. The van der Waals surface area contributed by atoms with E-state index in [1.165, 1.54) is 13.2 Å². The predicted octanol–water partition coefficient (Wildman–Crippen LogP) is 7.80. The number of rotatable bonds is 7. The second kappa shape index (κ2) is 11.2. The van der Waals surface area contributed by atoms with E-state index in [0.29, 0.717) is 29.2 Å². The SMILES string of the molecule is COc1ccc(C(=O)O)cc1-c1ccc(C(F)(F)F)cc1CN(Cc1cc(C(F)(F)F)cc(C(F)(F)F)c1)C(=O)O. The van der Waals surface area contributed by atoms with Crippen LogP contribution < -0.4 is 4.74 Å². The first kappa shape index (κ1) is 31.1. The number of carboxylic acid groups (broad SMARTS) is 2. The molecule has 0 aliphatic carbocycles. The lowest BCUT2D eigenvalue weighted by atomic mass is 9.94. The van der Waals surface area contributed by atoms with Crippen molar-refractivity contribution in [3.8, 4) is 16.9 Å². The summed E-state index contributed by atoms with van der Waals surface area (Å²) in [5, 5.41) is 19.1. The number of carboxylic acids is 1. The minimum Gasteiger partial charge on any atom is -0.496 e. The second-order valence-electron chi connectivity index (χ2n) is 8.64. The highest BCUT2D eigenvalue weighted by Gasteiger charge is 2.37. The number of hydrogen-bond donors (Lipinski definition) is 2. The fourth-order valence-electron chi connectivity index (χ4n) is 3.94. The summed E-state index contributed by atoms with van der Waals surface area (Å²) >= 11 is 0. The van der Waals surface area contributed by atoms with E-state index in [-0.39, 0.29) is 34.1 Å². The van der Waals surface area contributed by atoms with Crippen molar-refractivity contribution < 1.29 is 64.1 Å². The Morgan fingerprint density at radius 1 is 0.707 bits per heavy atom. The third kappa shape index (κ3) is 7.41. The third-order valence-corrected chi connectivity index (χ3v) is 5.82. The van der Waals surface area contributed by atoms with Gasteiger partial charge in [-0.3, -0.25) is 4.90 Å². The van der Waals surface area contributed by atoms with Crippen molar-refractivity contribution in [1.82, 2.24) is 4.90 Å². The van der Waals surface area contributed by atoms with Gasteiger partial charge >= 0.3 is 30.6 Å². The number of alkyl halides is 9. The Labute approximate surface area is 225 Å². The smallest absolute Gasteiger partial charge is 0.416 e. The zero-order valence-corrected chi connectivity index (χ0v) is 20.6. The number of carbonyl (C=O) groups is 2. The number of amides is 1. The Bertz CT molecular complexity index is 1430. The Morgan fingerprint density at radius 2 is 1.27 bits per heavy atom. The van der Waals surface area contributed by atoms with Crippen molar-refractivity contribution in [2.24, 2.45) is 0 Å². The molecule has 3 aromatic rings. The maximum Gasteiger partial charge on any atom is 0.416 e. The van der Waals surface area contributed by atoms with E-state index in [1.54, 1.807) is 0 Å². The molecule has 0 fully saturated rings. The fourth-order valence-corrected chi connectivity index (χ4v) is 3.94. The molecule has 0 saturated carbocycles. The van der Waals surface area contributed by atoms with Crippen molar-refractivity contribution >= 4 is 12.1 Å². The highest BCUT2D eigenvalue weighted by Crippen LogP contribution is 2.39. The van der Waals surface area contributed by atoms with E-state index in [0.717, 1.165) is 18.2 Å². The summed E-state index contributed by atoms with van der Waals surface area (Å²) in [5.41, 5.74) is -6.24. The summed E-state index contributed by atoms with van der Waals surface area (Å²) in [5.74, 6) is -1.41. The Morgan fingerprint density at radius 3 is 1.73 bits per heavy atom. The summed E-state index contributed by atoms with van der Waals surface area (Å²) in [7, 11) is 1.18. The normalized spacial score (nSPS) is 12.2. The largest absolute Gasteiger partial charge is 0.496 e. The van der Waals surface area contributed by atoms with Gasteiger partial charge in [0.15, 0.2) is 0 Å². The van der Waals surface area contributed by atoms with Crippen LogP contribution in [0.3, 0.4) is 0 Å². The number of benzene rings is 3. The molecule has 220 valence electrons. The number of halogens is 9. The monoisotopic (exact) mass is 595 g/mol. The molecule has 0 aromatic heterocycles. The van der Waals surface area contributed by atoms with Gasteiger partial charge in [0, 0.05) is 18.7 Å². The van der Waals surface area contributed by atoms with E-state index >= 15 is 0 Å². The van der Waals surface area contributed by atoms with Crippen LogP contribution in [-0.2, 0) is 31.6 Å². The van der Waals surface area contributed by atoms with Gasteiger partial charge in [-0.1, -0.05) is 6.07 Å². The zero-order valence-electron chi connectivity index (χ0n) is 20.6. The van der Waals surface area contributed by atoms with Gasteiger partial charge in [-0.05, 0) is 65.2 Å². The topological polar surface area (TPSA) is 87.1 Å². The van der Waals surface area contributed by atoms with Crippen LogP contribution in [0, 0.1) is 0 Å². The maximum atomic E-state index is 13.5. The first-order chi connectivity index (χ1) is 18.8. The minimum atomic E-state index is -5.22. The van der Waals surface area contributed by atoms with Crippen LogP contribution in [0.25, 0.3) is 11.1 Å². The summed E-state index contributed by atoms with van der Waals surface area (Å²) in [6.45, 7) is -2.00. The van der Waals surface area contributed by atoms with Crippen molar-refractivity contribution in [2.75, 3.05) is 7.11 Å². The summed E-state index contributed by atoms with van der Waals surface area (Å²) in [4.78, 5) is 23.8. The molecule has 1 amide bonds. The predicted molar refractivity (Wildman–Crippen MR) is 124 cm³/mol. The van der Waals surface area contributed by atoms with E-state index in [1.807, 2.05) is 0 Å². The summed E-state index contributed by atoms with van der Waals surface area (Å²) in [6.07, 6.45) is -17.2. The van der Waals surface area contributed by atoms with E-state index in [9.17, 15) is 59.3 Å². The average Bonchev–Trinajstić information content (AvgIpc) is 2.86. The molecule has 0 radical (unpaired) electrons. The molecular weight excluding hydrogens is 577 g/mol. The van der Waals surface area contributed by atoms with Crippen LogP contribution in [0.2, 0.25) is 0 Å². The molecular formula is C26H18F9NO5. The molecule has 2 N–H and O–H groups in total. The lowest BCUT2D eigenvalue weighted by Crippen LogP contribution is -2.29. The number of hydrogen-bond acceptors (Lipinski definition) is 3. The third-order valence-electron chi connectivity index (χ3n) is 5.82. The van der Waals surface area contributed by atoms with Gasteiger partial charge < -0.3 is 14.9 Å².